The van der Waals surface area contributed by atoms with E-state index in [-0.39, 0.29) is 10.5 Å². The van der Waals surface area contributed by atoms with Crippen LogP contribution in [0.25, 0.3) is 0 Å². The van der Waals surface area contributed by atoms with E-state index in [2.05, 4.69) is 11.8 Å². The molecule has 3 nitrogen and oxygen atoms in total. The lowest BCUT2D eigenvalue weighted by atomic mass is 10.0. The Bertz CT molecular complexity index is 577. The topological polar surface area (TPSA) is 37.4 Å². The number of benzene rings is 1. The van der Waals surface area contributed by atoms with Gasteiger partial charge in [-0.25, -0.2) is 12.8 Å². The predicted octanol–water partition coefficient (Wildman–Crippen LogP) is 3.17. The van der Waals surface area contributed by atoms with E-state index in [4.69, 9.17) is 10.7 Å². The van der Waals surface area contributed by atoms with Crippen LogP contribution in [0, 0.1) is 5.82 Å². The Balaban J connectivity index is 2.17. The number of hydrogen-bond acceptors (Lipinski definition) is 3. The molecule has 1 fully saturated rings. The van der Waals surface area contributed by atoms with Crippen molar-refractivity contribution in [1.29, 1.82) is 0 Å². The van der Waals surface area contributed by atoms with Gasteiger partial charge in [-0.1, -0.05) is 13.0 Å². The molecule has 1 aromatic rings. The van der Waals surface area contributed by atoms with Crippen LogP contribution in [0.1, 0.15) is 31.7 Å². The lowest BCUT2D eigenvalue weighted by Gasteiger charge is -2.23. The fraction of sp³-hybridized carbons (Fsp3) is 0.571. The molecule has 0 saturated carbocycles. The third kappa shape index (κ3) is 3.51. The minimum Gasteiger partial charge on any atom is -0.301 e. The van der Waals surface area contributed by atoms with Gasteiger partial charge in [0.2, 0.25) is 0 Å². The van der Waals surface area contributed by atoms with Gasteiger partial charge in [0.05, 0.1) is 4.90 Å². The molecule has 0 aliphatic carbocycles. The number of halogens is 2. The molecule has 0 spiro atoms. The number of rotatable bonds is 5. The van der Waals surface area contributed by atoms with Crippen LogP contribution in [-0.2, 0) is 15.5 Å². The maximum Gasteiger partial charge on any atom is 0.261 e. The van der Waals surface area contributed by atoms with Crippen LogP contribution in [0.4, 0.5) is 4.39 Å². The van der Waals surface area contributed by atoms with Gasteiger partial charge in [-0.2, -0.15) is 0 Å². The van der Waals surface area contributed by atoms with Crippen LogP contribution >= 0.6 is 10.7 Å². The fourth-order valence-electron chi connectivity index (χ4n) is 2.96. The van der Waals surface area contributed by atoms with Crippen molar-refractivity contribution < 1.29 is 12.8 Å². The van der Waals surface area contributed by atoms with Crippen LogP contribution in [0.5, 0.6) is 0 Å². The summed E-state index contributed by atoms with van der Waals surface area (Å²) in [5.74, 6) is -0.493. The zero-order chi connectivity index (χ0) is 14.8. The quantitative estimate of drug-likeness (QED) is 0.782. The summed E-state index contributed by atoms with van der Waals surface area (Å²) in [5.41, 5.74) is 0.213. The molecule has 2 rings (SSSR count). The van der Waals surface area contributed by atoms with Crippen LogP contribution in [0.2, 0.25) is 0 Å². The van der Waals surface area contributed by atoms with Gasteiger partial charge in [-0.3, -0.25) is 0 Å². The molecule has 1 aliphatic heterocycles. The average Bonchev–Trinajstić information content (AvgIpc) is 2.83. The van der Waals surface area contributed by atoms with Gasteiger partial charge in [-0.15, -0.1) is 0 Å². The van der Waals surface area contributed by atoms with E-state index in [1.54, 1.807) is 0 Å². The maximum atomic E-state index is 13.9. The second kappa shape index (κ2) is 6.41. The largest absolute Gasteiger partial charge is 0.301 e. The summed E-state index contributed by atoms with van der Waals surface area (Å²) in [6.45, 7) is 4.15. The molecule has 112 valence electrons. The Morgan fingerprint density at radius 1 is 1.45 bits per heavy atom. The molecule has 0 unspecified atom stereocenters. The highest BCUT2D eigenvalue weighted by Gasteiger charge is 2.25. The molecule has 0 bridgehead atoms. The lowest BCUT2D eigenvalue weighted by Crippen LogP contribution is -2.29. The maximum absolute atomic E-state index is 13.9. The van der Waals surface area contributed by atoms with Crippen molar-refractivity contribution in [3.05, 3.63) is 29.6 Å². The highest BCUT2D eigenvalue weighted by molar-refractivity contribution is 8.13. The fourth-order valence-corrected chi connectivity index (χ4v) is 4.13. The van der Waals surface area contributed by atoms with Crippen LogP contribution in [0.15, 0.2) is 23.1 Å². The molecular weight excluding hydrogens is 301 g/mol. The summed E-state index contributed by atoms with van der Waals surface area (Å²) in [4.78, 5) is 2.26. The average molecular weight is 320 g/mol. The molecule has 20 heavy (non-hydrogen) atoms. The van der Waals surface area contributed by atoms with Crippen molar-refractivity contribution >= 4 is 19.7 Å². The van der Waals surface area contributed by atoms with Crippen molar-refractivity contribution in [2.75, 3.05) is 13.1 Å². The lowest BCUT2D eigenvalue weighted by molar-refractivity contribution is 0.255. The van der Waals surface area contributed by atoms with E-state index in [9.17, 15) is 12.8 Å². The molecule has 1 atom stereocenters. The minimum atomic E-state index is -3.90. The summed E-state index contributed by atoms with van der Waals surface area (Å²) in [6, 6.07) is 4.44. The van der Waals surface area contributed by atoms with E-state index >= 15 is 0 Å². The number of hydrogen-bond donors (Lipinski definition) is 0. The zero-order valence-electron chi connectivity index (χ0n) is 11.5. The van der Waals surface area contributed by atoms with Gasteiger partial charge in [0, 0.05) is 22.3 Å². The van der Waals surface area contributed by atoms with Crippen LogP contribution in [0.3, 0.4) is 0 Å². The Hall–Kier alpha value is -0.650. The highest BCUT2D eigenvalue weighted by Crippen LogP contribution is 2.27. The third-order valence-corrected chi connectivity index (χ3v) is 5.38. The predicted molar refractivity (Wildman–Crippen MR) is 78.0 cm³/mol. The smallest absolute Gasteiger partial charge is 0.261 e. The Kier molecular flexibility index (Phi) is 5.04. The molecule has 0 N–H and O–H groups in total. The van der Waals surface area contributed by atoms with Crippen molar-refractivity contribution in [3.63, 3.8) is 0 Å². The first-order valence-corrected chi connectivity index (χ1v) is 9.20. The SMILES string of the molecule is CCN1CCC[C@H]1CCc1c(F)cccc1S(=O)(=O)Cl. The Morgan fingerprint density at radius 3 is 2.85 bits per heavy atom. The van der Waals surface area contributed by atoms with Crippen LogP contribution in [-0.4, -0.2) is 32.4 Å². The van der Waals surface area contributed by atoms with Crippen molar-refractivity contribution in [1.82, 2.24) is 4.90 Å². The molecule has 0 aromatic heterocycles. The number of likely N-dealkylation sites (tertiary alicyclic amines) is 1. The Labute approximate surface area is 124 Å². The summed E-state index contributed by atoms with van der Waals surface area (Å²) < 4.78 is 36.9. The molecule has 0 radical (unpaired) electrons. The highest BCUT2D eigenvalue weighted by atomic mass is 35.7. The first-order chi connectivity index (χ1) is 9.43. The molecule has 1 saturated heterocycles. The van der Waals surface area contributed by atoms with Crippen molar-refractivity contribution in [3.8, 4) is 0 Å². The standard InChI is InChI=1S/C14H19ClFNO2S/c1-2-17-10-4-5-11(17)8-9-12-13(16)6-3-7-14(12)20(15,18)19/h3,6-7,11H,2,4-5,8-10H2,1H3/t11-/m0/s1. The van der Waals surface area contributed by atoms with E-state index < -0.39 is 14.9 Å². The van der Waals surface area contributed by atoms with Gasteiger partial charge in [0.1, 0.15) is 5.82 Å². The third-order valence-electron chi connectivity index (χ3n) is 3.97. The molecule has 1 aliphatic rings. The Morgan fingerprint density at radius 2 is 2.20 bits per heavy atom. The summed E-state index contributed by atoms with van der Waals surface area (Å²) in [6.07, 6.45) is 3.39. The second-order valence-corrected chi connectivity index (χ2v) is 7.65. The first kappa shape index (κ1) is 15.7. The van der Waals surface area contributed by atoms with Gasteiger partial charge in [0.15, 0.2) is 0 Å². The molecule has 1 aromatic carbocycles. The first-order valence-electron chi connectivity index (χ1n) is 6.89. The van der Waals surface area contributed by atoms with Gasteiger partial charge in [0.25, 0.3) is 9.05 Å². The molecular formula is C14H19ClFNO2S. The zero-order valence-corrected chi connectivity index (χ0v) is 13.1. The van der Waals surface area contributed by atoms with E-state index in [0.29, 0.717) is 12.5 Å². The van der Waals surface area contributed by atoms with Gasteiger partial charge < -0.3 is 4.90 Å². The van der Waals surface area contributed by atoms with Crippen molar-refractivity contribution in [2.45, 2.75) is 43.5 Å². The minimum absolute atomic E-state index is 0.0970. The molecule has 1 heterocycles. The number of nitrogens with zero attached hydrogens (tertiary/aromatic N) is 1. The summed E-state index contributed by atoms with van der Waals surface area (Å²) in [7, 11) is 1.48. The summed E-state index contributed by atoms with van der Waals surface area (Å²) in [5, 5.41) is 0. The van der Waals surface area contributed by atoms with Gasteiger partial charge >= 0.3 is 0 Å². The normalized spacial score (nSPS) is 20.4. The van der Waals surface area contributed by atoms with E-state index in [1.807, 2.05) is 0 Å². The monoisotopic (exact) mass is 319 g/mol. The van der Waals surface area contributed by atoms with Crippen molar-refractivity contribution in [2.24, 2.45) is 0 Å². The van der Waals surface area contributed by atoms with E-state index in [0.717, 1.165) is 32.4 Å². The van der Waals surface area contributed by atoms with Gasteiger partial charge in [-0.05, 0) is 50.9 Å². The summed E-state index contributed by atoms with van der Waals surface area (Å²) >= 11 is 0. The molecule has 6 heteroatoms. The van der Waals surface area contributed by atoms with Crippen LogP contribution < -0.4 is 0 Å². The second-order valence-electron chi connectivity index (χ2n) is 5.12. The molecule has 0 amide bonds. The van der Waals surface area contributed by atoms with E-state index in [1.165, 1.54) is 18.2 Å².